The summed E-state index contributed by atoms with van der Waals surface area (Å²) in [6, 6.07) is 18.4. The summed E-state index contributed by atoms with van der Waals surface area (Å²) >= 11 is 0. The van der Waals surface area contributed by atoms with E-state index in [9.17, 15) is 0 Å². The molecule has 0 saturated carbocycles. The molecule has 0 aliphatic rings. The number of benzene rings is 2. The maximum atomic E-state index is 4.78. The van der Waals surface area contributed by atoms with Gasteiger partial charge in [-0.3, -0.25) is 4.68 Å². The monoisotopic (exact) mass is 529 g/mol. The van der Waals surface area contributed by atoms with Crippen molar-refractivity contribution in [1.82, 2.24) is 30.4 Å². The Bertz CT molecular complexity index is 1070. The fourth-order valence-corrected chi connectivity index (χ4v) is 3.36. The van der Waals surface area contributed by atoms with Crippen LogP contribution < -0.4 is 10.6 Å². The number of aliphatic imine (C=N–C) groups is 1. The average molecular weight is 529 g/mol. The van der Waals surface area contributed by atoms with E-state index in [0.717, 1.165) is 48.9 Å². The third-order valence-corrected chi connectivity index (χ3v) is 4.85. The molecule has 8 heteroatoms. The smallest absolute Gasteiger partial charge is 0.191 e. The highest BCUT2D eigenvalue weighted by Gasteiger charge is 2.05. The van der Waals surface area contributed by atoms with E-state index in [1.807, 2.05) is 41.2 Å². The Labute approximate surface area is 199 Å². The molecule has 0 unspecified atom stereocenters. The highest BCUT2D eigenvalue weighted by molar-refractivity contribution is 14.0. The Morgan fingerprint density at radius 3 is 2.61 bits per heavy atom. The summed E-state index contributed by atoms with van der Waals surface area (Å²) < 4.78 is 1.93. The fourth-order valence-electron chi connectivity index (χ4n) is 3.36. The molecule has 0 fully saturated rings. The van der Waals surface area contributed by atoms with E-state index in [2.05, 4.69) is 56.9 Å². The number of imidazole rings is 1. The lowest BCUT2D eigenvalue weighted by molar-refractivity contribution is 0.680. The van der Waals surface area contributed by atoms with Crippen LogP contribution in [-0.4, -0.2) is 38.8 Å². The van der Waals surface area contributed by atoms with Gasteiger partial charge in [-0.15, -0.1) is 24.0 Å². The van der Waals surface area contributed by atoms with E-state index in [1.165, 1.54) is 11.1 Å². The molecular weight excluding hydrogens is 501 g/mol. The molecule has 162 valence electrons. The summed E-state index contributed by atoms with van der Waals surface area (Å²) in [5.74, 6) is 1.78. The summed E-state index contributed by atoms with van der Waals surface area (Å²) in [5, 5.41) is 11.0. The molecular formula is C23H28IN7. The number of guanidine groups is 1. The summed E-state index contributed by atoms with van der Waals surface area (Å²) in [6.07, 6.45) is 4.58. The van der Waals surface area contributed by atoms with E-state index in [1.54, 1.807) is 6.20 Å². The zero-order valence-corrected chi connectivity index (χ0v) is 19.9. The number of hydrogen-bond acceptors (Lipinski definition) is 3. The van der Waals surface area contributed by atoms with Crippen LogP contribution in [0.2, 0.25) is 0 Å². The zero-order chi connectivity index (χ0) is 20.6. The van der Waals surface area contributed by atoms with E-state index in [4.69, 9.17) is 4.99 Å². The lowest BCUT2D eigenvalue weighted by atomic mass is 10.1. The molecule has 0 atom stereocenters. The number of aromatic nitrogens is 4. The van der Waals surface area contributed by atoms with Crippen molar-refractivity contribution >= 4 is 41.0 Å². The molecule has 2 heterocycles. The van der Waals surface area contributed by atoms with Crippen molar-refractivity contribution in [2.24, 2.45) is 4.99 Å². The van der Waals surface area contributed by atoms with Gasteiger partial charge in [0.15, 0.2) is 5.96 Å². The lowest BCUT2D eigenvalue weighted by Gasteiger charge is -2.12. The van der Waals surface area contributed by atoms with E-state index in [-0.39, 0.29) is 24.0 Å². The number of rotatable bonds is 8. The fraction of sp³-hybridized carbons (Fsp3) is 0.261. The number of halogens is 1. The van der Waals surface area contributed by atoms with Crippen LogP contribution in [0.1, 0.15) is 23.9 Å². The second-order valence-electron chi connectivity index (χ2n) is 7.04. The maximum Gasteiger partial charge on any atom is 0.191 e. The molecule has 0 radical (unpaired) electrons. The first-order valence-electron chi connectivity index (χ1n) is 10.3. The Hall–Kier alpha value is -2.88. The number of aromatic amines is 1. The van der Waals surface area contributed by atoms with Gasteiger partial charge in [-0.2, -0.15) is 5.10 Å². The molecule has 4 rings (SSSR count). The van der Waals surface area contributed by atoms with Crippen LogP contribution in [0.4, 0.5) is 0 Å². The third-order valence-electron chi connectivity index (χ3n) is 4.85. The number of nitrogens with zero attached hydrogens (tertiary/aromatic N) is 4. The summed E-state index contributed by atoms with van der Waals surface area (Å²) in [6.45, 7) is 4.99. The number of fused-ring (bicyclic) bond motifs is 1. The molecule has 4 aromatic rings. The predicted octanol–water partition coefficient (Wildman–Crippen LogP) is 3.72. The van der Waals surface area contributed by atoms with Gasteiger partial charge in [0.25, 0.3) is 0 Å². The van der Waals surface area contributed by atoms with Crippen LogP contribution in [0.3, 0.4) is 0 Å². The first-order chi connectivity index (χ1) is 14.8. The van der Waals surface area contributed by atoms with Crippen LogP contribution >= 0.6 is 24.0 Å². The molecule has 2 aromatic heterocycles. The average Bonchev–Trinajstić information content (AvgIpc) is 3.42. The Morgan fingerprint density at radius 1 is 1.03 bits per heavy atom. The van der Waals surface area contributed by atoms with Crippen LogP contribution in [0.25, 0.3) is 11.0 Å². The number of para-hydroxylation sites is 2. The largest absolute Gasteiger partial charge is 0.357 e. The van der Waals surface area contributed by atoms with Crippen molar-refractivity contribution < 1.29 is 0 Å². The highest BCUT2D eigenvalue weighted by atomic mass is 127. The van der Waals surface area contributed by atoms with Crippen LogP contribution in [0, 0.1) is 0 Å². The minimum atomic E-state index is 0. The van der Waals surface area contributed by atoms with Crippen molar-refractivity contribution in [2.75, 3.05) is 13.1 Å². The first-order valence-corrected chi connectivity index (χ1v) is 10.3. The molecule has 2 aromatic carbocycles. The number of nitrogens with one attached hydrogen (secondary N) is 3. The van der Waals surface area contributed by atoms with E-state index >= 15 is 0 Å². The summed E-state index contributed by atoms with van der Waals surface area (Å²) in [7, 11) is 0. The van der Waals surface area contributed by atoms with Gasteiger partial charge in [0, 0.05) is 31.9 Å². The van der Waals surface area contributed by atoms with E-state index < -0.39 is 0 Å². The molecule has 3 N–H and O–H groups in total. The minimum Gasteiger partial charge on any atom is -0.357 e. The van der Waals surface area contributed by atoms with E-state index in [0.29, 0.717) is 6.54 Å². The van der Waals surface area contributed by atoms with Gasteiger partial charge in [0.2, 0.25) is 0 Å². The van der Waals surface area contributed by atoms with Crippen molar-refractivity contribution in [1.29, 1.82) is 0 Å². The van der Waals surface area contributed by atoms with Gasteiger partial charge < -0.3 is 15.6 Å². The van der Waals surface area contributed by atoms with Gasteiger partial charge in [0.1, 0.15) is 5.82 Å². The normalized spacial score (nSPS) is 11.3. The molecule has 0 aliphatic heterocycles. The zero-order valence-electron chi connectivity index (χ0n) is 17.6. The molecule has 0 saturated heterocycles. The molecule has 0 bridgehead atoms. The Balaban J connectivity index is 0.00000272. The number of hydrogen-bond donors (Lipinski definition) is 3. The molecule has 31 heavy (non-hydrogen) atoms. The van der Waals surface area contributed by atoms with Crippen molar-refractivity contribution in [3.8, 4) is 0 Å². The van der Waals surface area contributed by atoms with Crippen LogP contribution in [0.15, 0.2) is 72.0 Å². The lowest BCUT2D eigenvalue weighted by Crippen LogP contribution is -2.38. The second-order valence-corrected chi connectivity index (χ2v) is 7.04. The summed E-state index contributed by atoms with van der Waals surface area (Å²) in [4.78, 5) is 12.8. The van der Waals surface area contributed by atoms with Gasteiger partial charge in [-0.25, -0.2) is 9.98 Å². The van der Waals surface area contributed by atoms with Crippen LogP contribution in [0.5, 0.6) is 0 Å². The number of H-pyrrole nitrogens is 1. The van der Waals surface area contributed by atoms with Gasteiger partial charge in [0.05, 0.1) is 24.1 Å². The molecule has 7 nitrogen and oxygen atoms in total. The third kappa shape index (κ3) is 6.30. The second kappa shape index (κ2) is 11.5. The van der Waals surface area contributed by atoms with Crippen molar-refractivity contribution in [2.45, 2.75) is 26.4 Å². The van der Waals surface area contributed by atoms with Gasteiger partial charge >= 0.3 is 0 Å². The topological polar surface area (TPSA) is 82.9 Å². The Kier molecular flexibility index (Phi) is 8.45. The van der Waals surface area contributed by atoms with Crippen LogP contribution in [-0.2, 0) is 19.5 Å². The molecule has 0 amide bonds. The van der Waals surface area contributed by atoms with Crippen molar-refractivity contribution in [3.63, 3.8) is 0 Å². The minimum absolute atomic E-state index is 0. The SMILES string of the molecule is CCNC(=NCc1ccccc1Cn1cccn1)NCCc1nc2ccccc2[nH]1.I. The summed E-state index contributed by atoms with van der Waals surface area (Å²) in [5.41, 5.74) is 4.49. The molecule has 0 aliphatic carbocycles. The first kappa shape index (κ1) is 22.8. The van der Waals surface area contributed by atoms with Gasteiger partial charge in [-0.05, 0) is 36.2 Å². The molecule has 0 spiro atoms. The highest BCUT2D eigenvalue weighted by Crippen LogP contribution is 2.12. The maximum absolute atomic E-state index is 4.78. The van der Waals surface area contributed by atoms with Crippen molar-refractivity contribution in [3.05, 3.63) is 83.9 Å². The predicted molar refractivity (Wildman–Crippen MR) is 136 cm³/mol. The Morgan fingerprint density at radius 2 is 1.84 bits per heavy atom. The van der Waals surface area contributed by atoms with Gasteiger partial charge in [-0.1, -0.05) is 36.4 Å². The standard InChI is InChI=1S/C23H27N7.HI/c1-2-24-23(25-14-12-22-28-20-10-5-6-11-21(20)29-22)26-16-18-8-3-4-9-19(18)17-30-15-7-13-27-30;/h3-11,13,15H,2,12,14,16-17H2,1H3,(H,28,29)(H2,24,25,26);1H. The quantitative estimate of drug-likeness (QED) is 0.185.